The van der Waals surface area contributed by atoms with Crippen LogP contribution in [0.5, 0.6) is 5.75 Å². The monoisotopic (exact) mass is 481 g/mol. The minimum Gasteiger partial charge on any atom is -0.495 e. The largest absolute Gasteiger partial charge is 1.00 e. The van der Waals surface area contributed by atoms with E-state index in [0.29, 0.717) is 5.56 Å². The normalized spacial score (nSPS) is 13.3. The molecule has 1 N–H and O–H groups in total. The van der Waals surface area contributed by atoms with Crippen molar-refractivity contribution in [1.82, 2.24) is 0 Å². The van der Waals surface area contributed by atoms with Gasteiger partial charge >= 0.3 is 51.4 Å². The topological polar surface area (TPSA) is 55.4 Å². The SMILES string of the molecule is COc1cc(NC(=O)C2CC[CH-]CC2)ccc1Br.[CH2-]c1c(C)cccc1[C-]=O.[K+]. The van der Waals surface area contributed by atoms with Gasteiger partial charge in [-0.2, -0.15) is 12.8 Å². The van der Waals surface area contributed by atoms with Crippen molar-refractivity contribution in [3.05, 3.63) is 70.9 Å². The summed E-state index contributed by atoms with van der Waals surface area (Å²) in [4.78, 5) is 22.3. The predicted molar refractivity (Wildman–Crippen MR) is 116 cm³/mol. The second-order valence-electron chi connectivity index (χ2n) is 6.68. The molecule has 4 nitrogen and oxygen atoms in total. The smallest absolute Gasteiger partial charge is 0.495 e. The summed E-state index contributed by atoms with van der Waals surface area (Å²) in [5.74, 6) is 0.988. The molecule has 0 spiro atoms. The summed E-state index contributed by atoms with van der Waals surface area (Å²) in [6, 6.07) is 11.0. The number of halogens is 1. The van der Waals surface area contributed by atoms with Crippen LogP contribution in [-0.4, -0.2) is 19.3 Å². The molecule has 1 aliphatic carbocycles. The summed E-state index contributed by atoms with van der Waals surface area (Å²) in [6.45, 7) is 5.65. The second-order valence-corrected chi connectivity index (χ2v) is 7.54. The van der Waals surface area contributed by atoms with Gasteiger partial charge in [0.1, 0.15) is 5.75 Å². The number of carbonyl (C=O) groups is 1. The first-order chi connectivity index (χ1) is 13.5. The Balaban J connectivity index is 0.000000327. The van der Waals surface area contributed by atoms with Crippen LogP contribution in [0.15, 0.2) is 40.9 Å². The average molecular weight is 482 g/mol. The maximum atomic E-state index is 12.1. The Bertz CT molecular complexity index is 820. The van der Waals surface area contributed by atoms with Crippen molar-refractivity contribution in [2.75, 3.05) is 12.4 Å². The summed E-state index contributed by atoms with van der Waals surface area (Å²) in [5.41, 5.74) is 3.15. The van der Waals surface area contributed by atoms with Gasteiger partial charge in [0.05, 0.1) is 11.6 Å². The summed E-state index contributed by atoms with van der Waals surface area (Å²) in [7, 11) is 1.61. The van der Waals surface area contributed by atoms with Gasteiger partial charge in [0, 0.05) is 17.7 Å². The van der Waals surface area contributed by atoms with E-state index in [1.54, 1.807) is 13.2 Å². The van der Waals surface area contributed by atoms with Crippen LogP contribution in [0.25, 0.3) is 0 Å². The number of hydrogen-bond donors (Lipinski definition) is 1. The van der Waals surface area contributed by atoms with Gasteiger partial charge in [0.2, 0.25) is 5.91 Å². The minimum atomic E-state index is 0. The first kappa shape index (κ1) is 26.4. The first-order valence-electron chi connectivity index (χ1n) is 9.22. The van der Waals surface area contributed by atoms with Gasteiger partial charge in [-0.25, -0.2) is 11.6 Å². The van der Waals surface area contributed by atoms with Gasteiger partial charge in [-0.1, -0.05) is 19.8 Å². The van der Waals surface area contributed by atoms with E-state index in [-0.39, 0.29) is 63.2 Å². The molecule has 0 unspecified atom stereocenters. The van der Waals surface area contributed by atoms with Crippen LogP contribution in [-0.2, 0) is 9.59 Å². The number of methoxy groups -OCH3 is 1. The van der Waals surface area contributed by atoms with Gasteiger partial charge in [-0.05, 0) is 34.3 Å². The molecule has 3 rings (SSSR count). The molecule has 0 saturated heterocycles. The molecule has 1 aliphatic rings. The molecular formula is C23H25BrKNO3-2. The van der Waals surface area contributed by atoms with E-state index in [1.807, 2.05) is 43.5 Å². The molecule has 0 heterocycles. The zero-order chi connectivity index (χ0) is 20.5. The standard InChI is InChI=1S/C14H17BrNO2.C9H8O.K/c1-18-13-9-11(7-8-12(13)15)16-14(17)10-5-3-2-4-6-10;1-7-4-3-5-9(6-10)8(7)2;/h2,7-10H,3-6H2,1H3,(H,16,17);3-5H,2H2,1H3;/q-1;-2;+1. The number of amides is 1. The third-order valence-corrected chi connectivity index (χ3v) is 5.40. The maximum Gasteiger partial charge on any atom is 1.00 e. The zero-order valence-electron chi connectivity index (χ0n) is 17.3. The Labute approximate surface area is 224 Å². The number of benzene rings is 2. The van der Waals surface area contributed by atoms with E-state index in [2.05, 4.69) is 34.6 Å². The van der Waals surface area contributed by atoms with E-state index in [0.717, 1.165) is 52.7 Å². The number of carbonyl (C=O) groups excluding carboxylic acids is 2. The van der Waals surface area contributed by atoms with E-state index >= 15 is 0 Å². The Kier molecular flexibility index (Phi) is 12.4. The number of nitrogens with one attached hydrogen (secondary N) is 1. The molecule has 6 heteroatoms. The zero-order valence-corrected chi connectivity index (χ0v) is 22.0. The van der Waals surface area contributed by atoms with Gasteiger partial charge in [-0.3, -0.25) is 22.8 Å². The number of aryl methyl sites for hydroxylation is 1. The van der Waals surface area contributed by atoms with Crippen LogP contribution < -0.4 is 61.4 Å². The van der Waals surface area contributed by atoms with Gasteiger partial charge in [0.25, 0.3) is 0 Å². The van der Waals surface area contributed by atoms with Gasteiger partial charge in [-0.15, -0.1) is 12.1 Å². The molecule has 0 atom stereocenters. The van der Waals surface area contributed by atoms with Gasteiger partial charge < -0.3 is 21.3 Å². The summed E-state index contributed by atoms with van der Waals surface area (Å²) in [5, 5.41) is 2.96. The third-order valence-electron chi connectivity index (χ3n) is 4.75. The molecule has 1 fully saturated rings. The molecule has 0 aromatic heterocycles. The van der Waals surface area contributed by atoms with Crippen molar-refractivity contribution in [3.63, 3.8) is 0 Å². The Hall–Kier alpha value is -0.634. The number of rotatable bonds is 4. The van der Waals surface area contributed by atoms with Crippen molar-refractivity contribution in [2.24, 2.45) is 5.92 Å². The van der Waals surface area contributed by atoms with Crippen LogP contribution >= 0.6 is 15.9 Å². The van der Waals surface area contributed by atoms with Crippen molar-refractivity contribution < 1.29 is 65.7 Å². The van der Waals surface area contributed by atoms with Gasteiger partial charge in [0.15, 0.2) is 0 Å². The molecule has 1 amide bonds. The fourth-order valence-corrected chi connectivity index (χ4v) is 3.38. The fourth-order valence-electron chi connectivity index (χ4n) is 2.97. The van der Waals surface area contributed by atoms with E-state index in [9.17, 15) is 9.59 Å². The number of anilines is 1. The molecule has 2 aromatic carbocycles. The predicted octanol–water partition coefficient (Wildman–Crippen LogP) is 2.43. The summed E-state index contributed by atoms with van der Waals surface area (Å²) >= 11 is 3.39. The van der Waals surface area contributed by atoms with Crippen LogP contribution in [0.4, 0.5) is 5.69 Å². The molecule has 2 aromatic rings. The van der Waals surface area contributed by atoms with E-state index in [4.69, 9.17) is 4.74 Å². The molecule has 29 heavy (non-hydrogen) atoms. The van der Waals surface area contributed by atoms with Crippen molar-refractivity contribution in [3.8, 4) is 5.75 Å². The average Bonchev–Trinajstić information content (AvgIpc) is 2.72. The van der Waals surface area contributed by atoms with Crippen LogP contribution in [0.1, 0.15) is 42.4 Å². The van der Waals surface area contributed by atoms with E-state index < -0.39 is 0 Å². The van der Waals surface area contributed by atoms with Crippen LogP contribution in [0.2, 0.25) is 0 Å². The Morgan fingerprint density at radius 1 is 1.28 bits per heavy atom. The van der Waals surface area contributed by atoms with Crippen LogP contribution in [0, 0.1) is 26.2 Å². The van der Waals surface area contributed by atoms with Crippen molar-refractivity contribution in [1.29, 1.82) is 0 Å². The van der Waals surface area contributed by atoms with Crippen LogP contribution in [0.3, 0.4) is 0 Å². The third kappa shape index (κ3) is 8.19. The minimum absolute atomic E-state index is 0. The molecule has 0 aliphatic heterocycles. The number of ether oxygens (including phenoxy) is 1. The fraction of sp³-hybridized carbons (Fsp3) is 0.304. The maximum absolute atomic E-state index is 12.1. The van der Waals surface area contributed by atoms with E-state index in [1.165, 1.54) is 0 Å². The molecular weight excluding hydrogens is 457 g/mol. The summed E-state index contributed by atoms with van der Waals surface area (Å²) in [6.07, 6.45) is 8.08. The van der Waals surface area contributed by atoms with Crippen molar-refractivity contribution in [2.45, 2.75) is 32.6 Å². The Morgan fingerprint density at radius 3 is 2.55 bits per heavy atom. The molecule has 0 bridgehead atoms. The van der Waals surface area contributed by atoms with Crippen molar-refractivity contribution >= 4 is 33.8 Å². The molecule has 0 radical (unpaired) electrons. The summed E-state index contributed by atoms with van der Waals surface area (Å²) < 4.78 is 6.09. The number of hydrogen-bond acceptors (Lipinski definition) is 3. The quantitative estimate of drug-likeness (QED) is 0.538. The molecule has 150 valence electrons. The first-order valence-corrected chi connectivity index (χ1v) is 10.0. The Morgan fingerprint density at radius 2 is 1.97 bits per heavy atom. The second kappa shape index (κ2) is 13.6. The molecule has 1 saturated carbocycles.